The number of carboxylic acids is 1. The normalized spacial score (nSPS) is 11.1. The van der Waals surface area contributed by atoms with Crippen LogP contribution in [-0.4, -0.2) is 26.6 Å². The molecule has 8 heteroatoms. The van der Waals surface area contributed by atoms with Gasteiger partial charge in [0.25, 0.3) is 10.0 Å². The lowest BCUT2D eigenvalue weighted by molar-refractivity contribution is 0.0696. The summed E-state index contributed by atoms with van der Waals surface area (Å²) in [5.41, 5.74) is 0.978. The molecule has 0 aromatic heterocycles. The van der Waals surface area contributed by atoms with Crippen LogP contribution < -0.4 is 9.46 Å². The maximum Gasteiger partial charge on any atom is 0.335 e. The van der Waals surface area contributed by atoms with E-state index in [-0.39, 0.29) is 16.2 Å². The third-order valence-corrected chi connectivity index (χ3v) is 5.01. The molecule has 2 aromatic rings. The Hall–Kier alpha value is -2.06. The van der Waals surface area contributed by atoms with Crippen molar-refractivity contribution < 1.29 is 23.1 Å². The van der Waals surface area contributed by atoms with E-state index >= 15 is 0 Å². The molecule has 0 spiro atoms. The van der Waals surface area contributed by atoms with Crippen molar-refractivity contribution in [3.05, 3.63) is 52.0 Å². The van der Waals surface area contributed by atoms with E-state index in [4.69, 9.17) is 9.84 Å². The summed E-state index contributed by atoms with van der Waals surface area (Å²) < 4.78 is 33.5. The van der Waals surface area contributed by atoms with Crippen LogP contribution in [-0.2, 0) is 10.0 Å². The fourth-order valence-electron chi connectivity index (χ4n) is 1.96. The molecule has 23 heavy (non-hydrogen) atoms. The van der Waals surface area contributed by atoms with Crippen LogP contribution >= 0.6 is 15.9 Å². The second-order valence-corrected chi connectivity index (χ2v) is 7.30. The highest BCUT2D eigenvalue weighted by Gasteiger charge is 2.22. The number of benzene rings is 2. The molecule has 0 heterocycles. The Bertz CT molecular complexity index is 864. The molecule has 6 nitrogen and oxygen atoms in total. The third kappa shape index (κ3) is 3.83. The van der Waals surface area contributed by atoms with E-state index in [1.54, 1.807) is 25.1 Å². The first kappa shape index (κ1) is 17.3. The number of carbonyl (C=O) groups is 1. The largest absolute Gasteiger partial charge is 0.495 e. The Balaban J connectivity index is 2.50. The monoisotopic (exact) mass is 399 g/mol. The van der Waals surface area contributed by atoms with Gasteiger partial charge in [-0.05, 0) is 48.9 Å². The Morgan fingerprint density at radius 1 is 1.22 bits per heavy atom. The van der Waals surface area contributed by atoms with E-state index in [2.05, 4.69) is 20.7 Å². The van der Waals surface area contributed by atoms with Gasteiger partial charge in [-0.3, -0.25) is 4.72 Å². The number of rotatable bonds is 5. The first-order valence-electron chi connectivity index (χ1n) is 6.45. The van der Waals surface area contributed by atoms with Crippen molar-refractivity contribution in [1.29, 1.82) is 0 Å². The van der Waals surface area contributed by atoms with Crippen molar-refractivity contribution in [2.24, 2.45) is 0 Å². The predicted octanol–water partition coefficient (Wildman–Crippen LogP) is 3.27. The number of halogens is 1. The summed E-state index contributed by atoms with van der Waals surface area (Å²) >= 11 is 3.31. The maximum absolute atomic E-state index is 12.6. The standard InChI is InChI=1S/C15H14BrNO5S/c1-9-7-11(16)4-5-12(9)17-23(20,21)14-8-10(15(18)19)3-6-13(14)22-2/h3-8,17H,1-2H3,(H,18,19). The summed E-state index contributed by atoms with van der Waals surface area (Å²) in [7, 11) is -2.68. The van der Waals surface area contributed by atoms with Gasteiger partial charge in [0.1, 0.15) is 10.6 Å². The topological polar surface area (TPSA) is 92.7 Å². The summed E-state index contributed by atoms with van der Waals surface area (Å²) in [6.07, 6.45) is 0. The zero-order valence-corrected chi connectivity index (χ0v) is 14.7. The zero-order valence-electron chi connectivity index (χ0n) is 12.3. The second kappa shape index (κ2) is 6.59. The highest BCUT2D eigenvalue weighted by molar-refractivity contribution is 9.10. The number of nitrogens with one attached hydrogen (secondary N) is 1. The molecule has 0 fully saturated rings. The van der Waals surface area contributed by atoms with E-state index in [9.17, 15) is 13.2 Å². The SMILES string of the molecule is COc1ccc(C(=O)O)cc1S(=O)(=O)Nc1ccc(Br)cc1C. The van der Waals surface area contributed by atoms with Gasteiger partial charge in [-0.2, -0.15) is 0 Å². The molecule has 0 unspecified atom stereocenters. The fourth-order valence-corrected chi connectivity index (χ4v) is 3.76. The van der Waals surface area contributed by atoms with Crippen molar-refractivity contribution in [3.63, 3.8) is 0 Å². The predicted molar refractivity (Wildman–Crippen MR) is 89.6 cm³/mol. The van der Waals surface area contributed by atoms with Gasteiger partial charge in [-0.1, -0.05) is 15.9 Å². The Labute approximate surface area is 142 Å². The highest BCUT2D eigenvalue weighted by atomic mass is 79.9. The number of anilines is 1. The lowest BCUT2D eigenvalue weighted by Crippen LogP contribution is -2.15. The molecule has 0 bridgehead atoms. The van der Waals surface area contributed by atoms with E-state index in [1.165, 1.54) is 19.2 Å². The van der Waals surface area contributed by atoms with Gasteiger partial charge in [0.05, 0.1) is 18.4 Å². The molecule has 0 saturated carbocycles. The van der Waals surface area contributed by atoms with Gasteiger partial charge in [0.15, 0.2) is 0 Å². The van der Waals surface area contributed by atoms with E-state index < -0.39 is 16.0 Å². The van der Waals surface area contributed by atoms with Gasteiger partial charge < -0.3 is 9.84 Å². The van der Waals surface area contributed by atoms with Crippen molar-refractivity contribution in [2.75, 3.05) is 11.8 Å². The van der Waals surface area contributed by atoms with Gasteiger partial charge in [-0.25, -0.2) is 13.2 Å². The molecule has 0 aliphatic carbocycles. The Morgan fingerprint density at radius 2 is 1.91 bits per heavy atom. The number of hydrogen-bond donors (Lipinski definition) is 2. The van der Waals surface area contributed by atoms with Crippen LogP contribution in [0.5, 0.6) is 5.75 Å². The lowest BCUT2D eigenvalue weighted by atomic mass is 10.2. The molecular formula is C15H14BrNO5S. The first-order valence-corrected chi connectivity index (χ1v) is 8.72. The van der Waals surface area contributed by atoms with Crippen LogP contribution in [0.15, 0.2) is 45.8 Å². The molecule has 0 saturated heterocycles. The molecule has 2 N–H and O–H groups in total. The zero-order chi connectivity index (χ0) is 17.2. The van der Waals surface area contributed by atoms with Crippen LogP contribution in [0.25, 0.3) is 0 Å². The van der Waals surface area contributed by atoms with Crippen molar-refractivity contribution in [2.45, 2.75) is 11.8 Å². The van der Waals surface area contributed by atoms with Gasteiger partial charge >= 0.3 is 5.97 Å². The van der Waals surface area contributed by atoms with E-state index in [0.29, 0.717) is 5.69 Å². The van der Waals surface area contributed by atoms with E-state index in [1.807, 2.05) is 0 Å². The summed E-state index contributed by atoms with van der Waals surface area (Å²) in [6.45, 7) is 1.76. The molecule has 2 rings (SSSR count). The lowest BCUT2D eigenvalue weighted by Gasteiger charge is -2.14. The maximum atomic E-state index is 12.6. The van der Waals surface area contributed by atoms with Crippen LogP contribution in [0.4, 0.5) is 5.69 Å². The Kier molecular flexibility index (Phi) is 4.96. The van der Waals surface area contributed by atoms with Gasteiger partial charge in [-0.15, -0.1) is 0 Å². The molecule has 122 valence electrons. The summed E-state index contributed by atoms with van der Waals surface area (Å²) in [4.78, 5) is 10.8. The quantitative estimate of drug-likeness (QED) is 0.804. The van der Waals surface area contributed by atoms with Crippen molar-refractivity contribution >= 4 is 37.6 Å². The van der Waals surface area contributed by atoms with E-state index in [0.717, 1.165) is 16.1 Å². The van der Waals surface area contributed by atoms with Gasteiger partial charge in [0, 0.05) is 4.47 Å². The fraction of sp³-hybridized carbons (Fsp3) is 0.133. The number of methoxy groups -OCH3 is 1. The Morgan fingerprint density at radius 3 is 2.48 bits per heavy atom. The second-order valence-electron chi connectivity index (χ2n) is 4.74. The average molecular weight is 400 g/mol. The summed E-state index contributed by atoms with van der Waals surface area (Å²) in [6, 6.07) is 8.75. The molecular weight excluding hydrogens is 386 g/mol. The minimum atomic E-state index is -4.00. The number of aryl methyl sites for hydroxylation is 1. The molecule has 0 atom stereocenters. The highest BCUT2D eigenvalue weighted by Crippen LogP contribution is 2.28. The number of aromatic carboxylic acids is 1. The number of sulfonamides is 1. The molecule has 0 radical (unpaired) electrons. The summed E-state index contributed by atoms with van der Waals surface area (Å²) in [5.74, 6) is -1.15. The average Bonchev–Trinajstić information content (AvgIpc) is 2.49. The first-order chi connectivity index (χ1) is 10.7. The van der Waals surface area contributed by atoms with Crippen LogP contribution in [0.3, 0.4) is 0 Å². The number of ether oxygens (including phenoxy) is 1. The smallest absolute Gasteiger partial charge is 0.335 e. The van der Waals surface area contributed by atoms with Crippen molar-refractivity contribution in [1.82, 2.24) is 0 Å². The van der Waals surface area contributed by atoms with Crippen LogP contribution in [0.1, 0.15) is 15.9 Å². The summed E-state index contributed by atoms with van der Waals surface area (Å²) in [5, 5.41) is 9.04. The minimum absolute atomic E-state index is 0.0669. The van der Waals surface area contributed by atoms with Crippen LogP contribution in [0.2, 0.25) is 0 Å². The molecule has 0 aliphatic heterocycles. The number of carboxylic acid groups (broad SMARTS) is 1. The number of hydrogen-bond acceptors (Lipinski definition) is 4. The molecule has 0 aliphatic rings. The molecule has 0 amide bonds. The van der Waals surface area contributed by atoms with Crippen LogP contribution in [0, 0.1) is 6.92 Å². The van der Waals surface area contributed by atoms with Gasteiger partial charge in [0.2, 0.25) is 0 Å². The third-order valence-electron chi connectivity index (χ3n) is 3.13. The van der Waals surface area contributed by atoms with Crippen molar-refractivity contribution in [3.8, 4) is 5.75 Å². The minimum Gasteiger partial charge on any atom is -0.495 e. The molecule has 2 aromatic carbocycles.